The SMILES string of the molecule is Cc1cc(SCC(=O)NCC2CCCN2)c(C)cc1Br. The average Bonchev–Trinajstić information content (AvgIpc) is 2.92. The number of hydrogen-bond donors (Lipinski definition) is 2. The molecule has 20 heavy (non-hydrogen) atoms. The van der Waals surface area contributed by atoms with E-state index in [1.807, 2.05) is 0 Å². The molecule has 5 heteroatoms. The Morgan fingerprint density at radius 2 is 2.25 bits per heavy atom. The Labute approximate surface area is 133 Å². The summed E-state index contributed by atoms with van der Waals surface area (Å²) in [6.07, 6.45) is 2.38. The molecule has 1 aliphatic heterocycles. The van der Waals surface area contributed by atoms with E-state index in [0.717, 1.165) is 17.6 Å². The van der Waals surface area contributed by atoms with E-state index in [0.29, 0.717) is 11.8 Å². The topological polar surface area (TPSA) is 41.1 Å². The lowest BCUT2D eigenvalue weighted by atomic mass is 10.2. The first-order valence-corrected chi connectivity index (χ1v) is 8.74. The first-order valence-electron chi connectivity index (χ1n) is 6.96. The minimum Gasteiger partial charge on any atom is -0.354 e. The van der Waals surface area contributed by atoms with Crippen molar-refractivity contribution in [2.75, 3.05) is 18.8 Å². The van der Waals surface area contributed by atoms with Crippen molar-refractivity contribution in [3.05, 3.63) is 27.7 Å². The zero-order chi connectivity index (χ0) is 14.5. The van der Waals surface area contributed by atoms with Crippen molar-refractivity contribution >= 4 is 33.6 Å². The third kappa shape index (κ3) is 4.50. The molecule has 0 spiro atoms. The first kappa shape index (κ1) is 15.9. The van der Waals surface area contributed by atoms with Crippen LogP contribution in [0.5, 0.6) is 0 Å². The number of hydrogen-bond acceptors (Lipinski definition) is 3. The fraction of sp³-hybridized carbons (Fsp3) is 0.533. The molecule has 1 heterocycles. The number of thioether (sulfide) groups is 1. The molecule has 0 aromatic heterocycles. The van der Waals surface area contributed by atoms with Crippen LogP contribution in [-0.2, 0) is 4.79 Å². The Hall–Kier alpha value is -0.520. The fourth-order valence-electron chi connectivity index (χ4n) is 2.27. The standard InChI is InChI=1S/C15H21BrN2OS/c1-10-7-14(11(2)6-13(10)16)20-9-15(19)18-8-12-4-3-5-17-12/h6-7,12,17H,3-5,8-9H2,1-2H3,(H,18,19). The summed E-state index contributed by atoms with van der Waals surface area (Å²) >= 11 is 5.13. The summed E-state index contributed by atoms with van der Waals surface area (Å²) in [6, 6.07) is 4.70. The van der Waals surface area contributed by atoms with Crippen LogP contribution in [0.2, 0.25) is 0 Å². The molecule has 0 saturated carbocycles. The van der Waals surface area contributed by atoms with Gasteiger partial charge in [0.2, 0.25) is 5.91 Å². The number of nitrogens with one attached hydrogen (secondary N) is 2. The molecule has 2 rings (SSSR count). The summed E-state index contributed by atoms with van der Waals surface area (Å²) in [4.78, 5) is 13.0. The highest BCUT2D eigenvalue weighted by Gasteiger charge is 2.14. The summed E-state index contributed by atoms with van der Waals surface area (Å²) in [5.74, 6) is 0.595. The van der Waals surface area contributed by atoms with Gasteiger partial charge in [-0.3, -0.25) is 4.79 Å². The van der Waals surface area contributed by atoms with Crippen LogP contribution in [0.4, 0.5) is 0 Å². The number of benzene rings is 1. The van der Waals surface area contributed by atoms with Crippen molar-refractivity contribution in [1.29, 1.82) is 0 Å². The molecule has 1 atom stereocenters. The second kappa shape index (κ2) is 7.48. The van der Waals surface area contributed by atoms with Gasteiger partial charge in [0.25, 0.3) is 0 Å². The highest BCUT2D eigenvalue weighted by Crippen LogP contribution is 2.28. The van der Waals surface area contributed by atoms with Crippen LogP contribution in [0, 0.1) is 13.8 Å². The summed E-state index contributed by atoms with van der Waals surface area (Å²) < 4.78 is 1.12. The normalized spacial score (nSPS) is 18.2. The minimum atomic E-state index is 0.115. The van der Waals surface area contributed by atoms with Gasteiger partial charge in [-0.1, -0.05) is 15.9 Å². The lowest BCUT2D eigenvalue weighted by Crippen LogP contribution is -2.37. The molecular weight excluding hydrogens is 336 g/mol. The number of carbonyl (C=O) groups is 1. The molecule has 1 fully saturated rings. The van der Waals surface area contributed by atoms with Gasteiger partial charge in [-0.2, -0.15) is 0 Å². The molecule has 1 aromatic carbocycles. The van der Waals surface area contributed by atoms with Crippen LogP contribution in [0.25, 0.3) is 0 Å². The van der Waals surface area contributed by atoms with E-state index in [1.165, 1.54) is 28.9 Å². The smallest absolute Gasteiger partial charge is 0.230 e. The van der Waals surface area contributed by atoms with Crippen molar-refractivity contribution < 1.29 is 4.79 Å². The van der Waals surface area contributed by atoms with Crippen LogP contribution in [0.15, 0.2) is 21.5 Å². The van der Waals surface area contributed by atoms with Crippen molar-refractivity contribution in [3.8, 4) is 0 Å². The van der Waals surface area contributed by atoms with Gasteiger partial charge < -0.3 is 10.6 Å². The predicted octanol–water partition coefficient (Wildman–Crippen LogP) is 3.03. The fourth-order valence-corrected chi connectivity index (χ4v) is 3.67. The molecule has 3 nitrogen and oxygen atoms in total. The zero-order valence-corrected chi connectivity index (χ0v) is 14.4. The largest absolute Gasteiger partial charge is 0.354 e. The van der Waals surface area contributed by atoms with Crippen LogP contribution in [-0.4, -0.2) is 30.8 Å². The predicted molar refractivity (Wildman–Crippen MR) is 88.4 cm³/mol. The quantitative estimate of drug-likeness (QED) is 0.796. The average molecular weight is 357 g/mol. The van der Waals surface area contributed by atoms with E-state index >= 15 is 0 Å². The number of halogens is 1. The minimum absolute atomic E-state index is 0.115. The molecular formula is C15H21BrN2OS. The van der Waals surface area contributed by atoms with E-state index in [-0.39, 0.29) is 5.91 Å². The third-order valence-corrected chi connectivity index (χ3v) is 5.53. The Kier molecular flexibility index (Phi) is 5.93. The highest BCUT2D eigenvalue weighted by molar-refractivity contribution is 9.10. The van der Waals surface area contributed by atoms with Gasteiger partial charge in [0.05, 0.1) is 5.75 Å². The van der Waals surface area contributed by atoms with E-state index in [9.17, 15) is 4.79 Å². The van der Waals surface area contributed by atoms with Crippen LogP contribution >= 0.6 is 27.7 Å². The number of rotatable bonds is 5. The number of carbonyl (C=O) groups excluding carboxylic acids is 1. The Bertz CT molecular complexity index is 487. The molecule has 1 aromatic rings. The molecule has 1 amide bonds. The molecule has 0 aliphatic carbocycles. The summed E-state index contributed by atoms with van der Waals surface area (Å²) in [7, 11) is 0. The monoisotopic (exact) mass is 356 g/mol. The van der Waals surface area contributed by atoms with Gasteiger partial charge in [0.1, 0.15) is 0 Å². The summed E-state index contributed by atoms with van der Waals surface area (Å²) in [6.45, 7) is 5.97. The van der Waals surface area contributed by atoms with Crippen molar-refractivity contribution in [3.63, 3.8) is 0 Å². The van der Waals surface area contributed by atoms with E-state index in [2.05, 4.69) is 52.5 Å². The zero-order valence-electron chi connectivity index (χ0n) is 12.0. The van der Waals surface area contributed by atoms with E-state index in [4.69, 9.17) is 0 Å². The van der Waals surface area contributed by atoms with Crippen LogP contribution < -0.4 is 10.6 Å². The maximum absolute atomic E-state index is 11.9. The molecule has 2 N–H and O–H groups in total. The maximum Gasteiger partial charge on any atom is 0.230 e. The Balaban J connectivity index is 1.79. The second-order valence-corrected chi connectivity index (χ2v) is 7.12. The van der Waals surface area contributed by atoms with Crippen molar-refractivity contribution in [2.24, 2.45) is 0 Å². The van der Waals surface area contributed by atoms with Crippen molar-refractivity contribution in [2.45, 2.75) is 37.6 Å². The van der Waals surface area contributed by atoms with Gasteiger partial charge in [-0.05, 0) is 56.5 Å². The van der Waals surface area contributed by atoms with Crippen LogP contribution in [0.3, 0.4) is 0 Å². The van der Waals surface area contributed by atoms with Gasteiger partial charge in [0.15, 0.2) is 0 Å². The van der Waals surface area contributed by atoms with Gasteiger partial charge >= 0.3 is 0 Å². The van der Waals surface area contributed by atoms with Crippen molar-refractivity contribution in [1.82, 2.24) is 10.6 Å². The van der Waals surface area contributed by atoms with Gasteiger partial charge in [-0.15, -0.1) is 11.8 Å². The third-order valence-electron chi connectivity index (χ3n) is 3.52. The molecule has 1 unspecified atom stereocenters. The molecule has 0 radical (unpaired) electrons. The van der Waals surface area contributed by atoms with E-state index < -0.39 is 0 Å². The Morgan fingerprint density at radius 1 is 1.45 bits per heavy atom. The molecule has 1 saturated heterocycles. The molecule has 0 bridgehead atoms. The lowest BCUT2D eigenvalue weighted by Gasteiger charge is -2.12. The van der Waals surface area contributed by atoms with Gasteiger partial charge in [0, 0.05) is 22.0 Å². The number of amides is 1. The molecule has 110 valence electrons. The Morgan fingerprint density at radius 3 is 2.95 bits per heavy atom. The van der Waals surface area contributed by atoms with Gasteiger partial charge in [-0.25, -0.2) is 0 Å². The second-order valence-electron chi connectivity index (χ2n) is 5.25. The first-order chi connectivity index (χ1) is 9.56. The number of aryl methyl sites for hydroxylation is 2. The molecule has 1 aliphatic rings. The summed E-state index contributed by atoms with van der Waals surface area (Å²) in [5, 5.41) is 6.39. The van der Waals surface area contributed by atoms with E-state index in [1.54, 1.807) is 11.8 Å². The van der Waals surface area contributed by atoms with Crippen LogP contribution in [0.1, 0.15) is 24.0 Å². The maximum atomic E-state index is 11.9. The summed E-state index contributed by atoms with van der Waals surface area (Å²) in [5.41, 5.74) is 2.41. The highest BCUT2D eigenvalue weighted by atomic mass is 79.9. The lowest BCUT2D eigenvalue weighted by molar-refractivity contribution is -0.118.